The molecule has 1 amide bonds. The van der Waals surface area contributed by atoms with Gasteiger partial charge in [0, 0.05) is 11.6 Å². The molecule has 0 aliphatic rings. The second-order valence-corrected chi connectivity index (χ2v) is 6.23. The smallest absolute Gasteiger partial charge is 0.387 e. The summed E-state index contributed by atoms with van der Waals surface area (Å²) in [7, 11) is 0. The summed E-state index contributed by atoms with van der Waals surface area (Å²) in [5.41, 5.74) is 0.900. The molecule has 0 bridgehead atoms. The summed E-state index contributed by atoms with van der Waals surface area (Å²) in [6.07, 6.45) is 1.52. The molecule has 0 atom stereocenters. The molecule has 27 heavy (non-hydrogen) atoms. The highest BCUT2D eigenvalue weighted by molar-refractivity contribution is 6.42. The first-order chi connectivity index (χ1) is 12.9. The van der Waals surface area contributed by atoms with Gasteiger partial charge in [0.05, 0.1) is 22.8 Å². The van der Waals surface area contributed by atoms with Crippen molar-refractivity contribution in [2.75, 3.05) is 5.32 Å². The van der Waals surface area contributed by atoms with Crippen molar-refractivity contribution in [3.05, 3.63) is 75.9 Å². The van der Waals surface area contributed by atoms with Crippen LogP contribution < -0.4 is 10.1 Å². The van der Waals surface area contributed by atoms with E-state index in [-0.39, 0.29) is 17.9 Å². The summed E-state index contributed by atoms with van der Waals surface area (Å²) in [6.45, 7) is -2.68. The highest BCUT2D eigenvalue weighted by Crippen LogP contribution is 2.27. The van der Waals surface area contributed by atoms with Gasteiger partial charge in [-0.15, -0.1) is 0 Å². The molecular weight excluding hydrogens is 399 g/mol. The Hall–Kier alpha value is -2.64. The number of rotatable bonds is 6. The molecule has 0 fully saturated rings. The van der Waals surface area contributed by atoms with Gasteiger partial charge in [0.25, 0.3) is 5.91 Å². The van der Waals surface area contributed by atoms with Crippen molar-refractivity contribution in [1.82, 2.24) is 9.78 Å². The van der Waals surface area contributed by atoms with Crippen molar-refractivity contribution in [1.29, 1.82) is 0 Å². The lowest BCUT2D eigenvalue weighted by molar-refractivity contribution is -0.0498. The van der Waals surface area contributed by atoms with Gasteiger partial charge in [-0.25, -0.2) is 4.68 Å². The number of hydrogen-bond donors (Lipinski definition) is 1. The van der Waals surface area contributed by atoms with Gasteiger partial charge in [0.15, 0.2) is 0 Å². The van der Waals surface area contributed by atoms with Gasteiger partial charge in [-0.2, -0.15) is 13.9 Å². The van der Waals surface area contributed by atoms with Gasteiger partial charge in [-0.05, 0) is 29.8 Å². The van der Waals surface area contributed by atoms with Crippen LogP contribution >= 0.6 is 23.2 Å². The molecule has 140 valence electrons. The predicted molar refractivity (Wildman–Crippen MR) is 98.8 cm³/mol. The van der Waals surface area contributed by atoms with Crippen molar-refractivity contribution in [2.45, 2.75) is 13.2 Å². The largest absolute Gasteiger partial charge is 0.435 e. The molecule has 9 heteroatoms. The first-order valence-electron chi connectivity index (χ1n) is 7.75. The van der Waals surface area contributed by atoms with E-state index in [1.165, 1.54) is 35.1 Å². The van der Waals surface area contributed by atoms with Gasteiger partial charge in [-0.3, -0.25) is 4.79 Å². The molecule has 2 aromatic carbocycles. The van der Waals surface area contributed by atoms with E-state index < -0.39 is 12.5 Å². The summed E-state index contributed by atoms with van der Waals surface area (Å²) in [4.78, 5) is 12.4. The Kier molecular flexibility index (Phi) is 5.93. The van der Waals surface area contributed by atoms with Crippen molar-refractivity contribution < 1.29 is 18.3 Å². The maximum absolute atomic E-state index is 12.4. The Morgan fingerprint density at radius 1 is 1.19 bits per heavy atom. The maximum atomic E-state index is 12.4. The summed E-state index contributed by atoms with van der Waals surface area (Å²) in [5.74, 6) is -0.179. The second kappa shape index (κ2) is 8.37. The van der Waals surface area contributed by atoms with Crippen LogP contribution in [0.5, 0.6) is 5.75 Å². The topological polar surface area (TPSA) is 56.2 Å². The summed E-state index contributed by atoms with van der Waals surface area (Å²) < 4.78 is 30.5. The number of benzene rings is 2. The average Bonchev–Trinajstić information content (AvgIpc) is 3.05. The minimum absolute atomic E-state index is 0.100. The van der Waals surface area contributed by atoms with Crippen molar-refractivity contribution in [3.8, 4) is 5.75 Å². The van der Waals surface area contributed by atoms with E-state index in [0.29, 0.717) is 15.9 Å². The third-order valence-corrected chi connectivity index (χ3v) is 4.49. The SMILES string of the molecule is O=C(Nc1ccnn1Cc1cccc(Cl)c1Cl)c1cccc(OC(F)F)c1. The minimum Gasteiger partial charge on any atom is -0.435 e. The number of halogens is 4. The van der Waals surface area contributed by atoms with Crippen molar-refractivity contribution >= 4 is 34.9 Å². The Morgan fingerprint density at radius 2 is 1.96 bits per heavy atom. The molecule has 1 N–H and O–H groups in total. The highest BCUT2D eigenvalue weighted by Gasteiger charge is 2.13. The third-order valence-electron chi connectivity index (χ3n) is 3.63. The minimum atomic E-state index is -2.97. The number of aromatic nitrogens is 2. The van der Waals surface area contributed by atoms with Crippen molar-refractivity contribution in [2.24, 2.45) is 0 Å². The Balaban J connectivity index is 1.76. The van der Waals surface area contributed by atoms with Crippen LogP contribution in [0.15, 0.2) is 54.7 Å². The zero-order chi connectivity index (χ0) is 19.4. The monoisotopic (exact) mass is 411 g/mol. The van der Waals surface area contributed by atoms with E-state index in [0.717, 1.165) is 5.56 Å². The number of carbonyl (C=O) groups excluding carboxylic acids is 1. The highest BCUT2D eigenvalue weighted by atomic mass is 35.5. The lowest BCUT2D eigenvalue weighted by Crippen LogP contribution is -2.16. The van der Waals surface area contributed by atoms with E-state index in [2.05, 4.69) is 15.2 Å². The second-order valence-electron chi connectivity index (χ2n) is 5.45. The molecule has 0 aliphatic heterocycles. The van der Waals surface area contributed by atoms with Gasteiger partial charge < -0.3 is 10.1 Å². The maximum Gasteiger partial charge on any atom is 0.387 e. The number of amides is 1. The number of nitrogens with one attached hydrogen (secondary N) is 1. The number of carbonyl (C=O) groups is 1. The van der Waals surface area contributed by atoms with Crippen LogP contribution in [0.25, 0.3) is 0 Å². The number of hydrogen-bond acceptors (Lipinski definition) is 3. The van der Waals surface area contributed by atoms with Crippen LogP contribution in [0.4, 0.5) is 14.6 Å². The number of ether oxygens (including phenoxy) is 1. The zero-order valence-corrected chi connectivity index (χ0v) is 15.2. The van der Waals surface area contributed by atoms with Gasteiger partial charge in [0.2, 0.25) is 0 Å². The lowest BCUT2D eigenvalue weighted by atomic mass is 10.2. The average molecular weight is 412 g/mol. The fourth-order valence-electron chi connectivity index (χ4n) is 2.40. The van der Waals surface area contributed by atoms with Crippen LogP contribution in [-0.2, 0) is 6.54 Å². The predicted octanol–water partition coefficient (Wildman–Crippen LogP) is 5.09. The molecule has 3 aromatic rings. The van der Waals surface area contributed by atoms with Crippen LogP contribution in [0.3, 0.4) is 0 Å². The number of anilines is 1. The molecule has 1 aromatic heterocycles. The Labute approximate surface area is 163 Å². The molecule has 0 aliphatic carbocycles. The van der Waals surface area contributed by atoms with Crippen LogP contribution in [-0.4, -0.2) is 22.3 Å². The van der Waals surface area contributed by atoms with Crippen LogP contribution in [0.1, 0.15) is 15.9 Å². The van der Waals surface area contributed by atoms with Gasteiger partial charge >= 0.3 is 6.61 Å². The zero-order valence-electron chi connectivity index (χ0n) is 13.7. The van der Waals surface area contributed by atoms with E-state index in [4.69, 9.17) is 23.2 Å². The lowest BCUT2D eigenvalue weighted by Gasteiger charge is -2.11. The summed E-state index contributed by atoms with van der Waals surface area (Å²) in [6, 6.07) is 12.4. The van der Waals surface area contributed by atoms with Gasteiger partial charge in [-0.1, -0.05) is 41.4 Å². The van der Waals surface area contributed by atoms with Crippen LogP contribution in [0, 0.1) is 0 Å². The third kappa shape index (κ3) is 4.75. The standard InChI is InChI=1S/C18H13Cl2F2N3O2/c19-14-6-2-4-12(16(14)20)10-25-15(7-8-23-25)24-17(26)11-3-1-5-13(9-11)27-18(21)22/h1-9,18H,10H2,(H,24,26). The molecule has 3 rings (SSSR count). The van der Waals surface area contributed by atoms with E-state index in [1.54, 1.807) is 24.3 Å². The number of alkyl halides is 2. The molecule has 0 saturated heterocycles. The fourth-order valence-corrected chi connectivity index (χ4v) is 2.78. The summed E-state index contributed by atoms with van der Waals surface area (Å²) >= 11 is 12.2. The van der Waals surface area contributed by atoms with E-state index >= 15 is 0 Å². The quantitative estimate of drug-likeness (QED) is 0.614. The van der Waals surface area contributed by atoms with Crippen molar-refractivity contribution in [3.63, 3.8) is 0 Å². The molecule has 0 unspecified atom stereocenters. The van der Waals surface area contributed by atoms with Crippen LogP contribution in [0.2, 0.25) is 10.0 Å². The van der Waals surface area contributed by atoms with Gasteiger partial charge in [0.1, 0.15) is 11.6 Å². The normalized spacial score (nSPS) is 10.9. The first kappa shape index (κ1) is 19.1. The fraction of sp³-hybridized carbons (Fsp3) is 0.111. The molecular formula is C18H13Cl2F2N3O2. The molecule has 1 heterocycles. The molecule has 0 spiro atoms. The number of nitrogens with zero attached hydrogens (tertiary/aromatic N) is 2. The van der Waals surface area contributed by atoms with E-state index in [1.807, 2.05) is 0 Å². The summed E-state index contributed by atoms with van der Waals surface area (Å²) in [5, 5.41) is 7.67. The van der Waals surface area contributed by atoms with E-state index in [9.17, 15) is 13.6 Å². The Bertz CT molecular complexity index is 963. The molecule has 0 saturated carbocycles. The first-order valence-corrected chi connectivity index (χ1v) is 8.50. The molecule has 5 nitrogen and oxygen atoms in total. The Morgan fingerprint density at radius 3 is 2.74 bits per heavy atom. The molecule has 0 radical (unpaired) electrons.